The van der Waals surface area contributed by atoms with E-state index in [2.05, 4.69) is 0 Å². The van der Waals surface area contributed by atoms with Crippen LogP contribution in [0.15, 0.2) is 52.8 Å². The third kappa shape index (κ3) is 1.80. The number of hydrogen-bond donors (Lipinski definition) is 3. The molecular formula is C21H19NO7. The molecule has 3 aliphatic rings. The van der Waals surface area contributed by atoms with E-state index in [4.69, 9.17) is 9.15 Å². The van der Waals surface area contributed by atoms with E-state index in [-0.39, 0.29) is 29.0 Å². The van der Waals surface area contributed by atoms with Crippen molar-refractivity contribution in [2.45, 2.75) is 36.9 Å². The predicted octanol–water partition coefficient (Wildman–Crippen LogP) is 0.967. The first kappa shape index (κ1) is 18.1. The normalized spacial score (nSPS) is 29.2. The van der Waals surface area contributed by atoms with Crippen LogP contribution in [-0.2, 0) is 25.9 Å². The van der Waals surface area contributed by atoms with Gasteiger partial charge >= 0.3 is 0 Å². The number of ketones is 1. The van der Waals surface area contributed by atoms with E-state index < -0.39 is 28.8 Å². The van der Waals surface area contributed by atoms with Crippen molar-refractivity contribution < 1.29 is 34.1 Å². The third-order valence-electron chi connectivity index (χ3n) is 6.09. The molecule has 3 N–H and O–H groups in total. The molecule has 0 saturated carbocycles. The average Bonchev–Trinajstić information content (AvgIpc) is 3.40. The number of fused-ring (bicyclic) bond motifs is 2. The van der Waals surface area contributed by atoms with Crippen molar-refractivity contribution in [3.05, 3.63) is 65.1 Å². The van der Waals surface area contributed by atoms with E-state index in [9.17, 15) is 24.9 Å². The number of nitrogens with zero attached hydrogens (tertiary/aromatic N) is 1. The fraction of sp³-hybridized carbons (Fsp3) is 0.333. The Balaban J connectivity index is 1.88. The van der Waals surface area contributed by atoms with Gasteiger partial charge in [0.2, 0.25) is 11.3 Å². The highest BCUT2D eigenvalue weighted by atomic mass is 16.6. The molecule has 1 spiro atoms. The summed E-state index contributed by atoms with van der Waals surface area (Å²) in [4.78, 5) is 27.1. The lowest BCUT2D eigenvalue weighted by Gasteiger charge is -2.45. The molecule has 29 heavy (non-hydrogen) atoms. The largest absolute Gasteiger partial charge is 0.472 e. The number of furan rings is 1. The number of carbonyl (C=O) groups is 2. The first-order valence-corrected chi connectivity index (χ1v) is 9.42. The van der Waals surface area contributed by atoms with Gasteiger partial charge < -0.3 is 29.4 Å². The fourth-order valence-electron chi connectivity index (χ4n) is 4.88. The number of rotatable bonds is 4. The minimum absolute atomic E-state index is 0.0183. The molecule has 1 amide bonds. The molecule has 2 aliphatic heterocycles. The second kappa shape index (κ2) is 5.56. The Bertz CT molecular complexity index is 1070. The lowest BCUT2D eigenvalue weighted by Crippen LogP contribution is -2.66. The first-order valence-electron chi connectivity index (χ1n) is 9.42. The Morgan fingerprint density at radius 2 is 1.79 bits per heavy atom. The van der Waals surface area contributed by atoms with Gasteiger partial charge in [-0.3, -0.25) is 9.59 Å². The van der Waals surface area contributed by atoms with Crippen molar-refractivity contribution in [1.82, 2.24) is 4.90 Å². The summed E-state index contributed by atoms with van der Waals surface area (Å²) in [6.45, 7) is 1.95. The topological polar surface area (TPSA) is 120 Å². The number of aliphatic hydroxyl groups is 3. The van der Waals surface area contributed by atoms with Crippen LogP contribution in [0.1, 0.15) is 36.5 Å². The summed E-state index contributed by atoms with van der Waals surface area (Å²) < 4.78 is 11.0. The van der Waals surface area contributed by atoms with Crippen molar-refractivity contribution >= 4 is 17.4 Å². The Morgan fingerprint density at radius 1 is 1.07 bits per heavy atom. The lowest BCUT2D eigenvalue weighted by atomic mass is 9.79. The Kier molecular flexibility index (Phi) is 3.48. The molecule has 150 valence electrons. The van der Waals surface area contributed by atoms with E-state index in [0.29, 0.717) is 18.4 Å². The molecule has 1 aromatic carbocycles. The van der Waals surface area contributed by atoms with Crippen LogP contribution < -0.4 is 0 Å². The molecular weight excluding hydrogens is 378 g/mol. The van der Waals surface area contributed by atoms with Gasteiger partial charge in [0.1, 0.15) is 12.0 Å². The molecule has 1 saturated heterocycles. The van der Waals surface area contributed by atoms with E-state index in [0.717, 1.165) is 4.90 Å². The van der Waals surface area contributed by atoms with E-state index in [1.54, 1.807) is 12.1 Å². The summed E-state index contributed by atoms with van der Waals surface area (Å²) in [7, 11) is 0. The second-order valence-electron chi connectivity index (χ2n) is 7.53. The standard InChI is InChI=1S/C21H19NO7/c1-2-3-9-22-18(24)16(23)15-17(12-8-10-28-11-12)29-21(27)14-7-5-4-6-13(14)20(25,26)19(15,21)22/h4-8,10-11,25-27H,2-3,9H2,1H3/t19-,21+/m1/s1. The van der Waals surface area contributed by atoms with E-state index >= 15 is 0 Å². The van der Waals surface area contributed by atoms with Crippen molar-refractivity contribution in [3.8, 4) is 0 Å². The summed E-state index contributed by atoms with van der Waals surface area (Å²) in [5.41, 5.74) is -2.11. The van der Waals surface area contributed by atoms with Crippen LogP contribution in [0.3, 0.4) is 0 Å². The van der Waals surface area contributed by atoms with Gasteiger partial charge in [0.15, 0.2) is 0 Å². The van der Waals surface area contributed by atoms with Gasteiger partial charge in [-0.25, -0.2) is 0 Å². The number of amides is 1. The van der Waals surface area contributed by atoms with E-state index in [1.165, 1.54) is 30.7 Å². The maximum Gasteiger partial charge on any atom is 0.296 e. The molecule has 0 bridgehead atoms. The molecule has 3 heterocycles. The molecule has 2 atom stereocenters. The van der Waals surface area contributed by atoms with Crippen LogP contribution in [0.25, 0.3) is 5.76 Å². The number of carbonyl (C=O) groups excluding carboxylic acids is 2. The number of benzene rings is 1. The van der Waals surface area contributed by atoms with Crippen molar-refractivity contribution in [1.29, 1.82) is 0 Å². The highest BCUT2D eigenvalue weighted by Gasteiger charge is 2.85. The highest BCUT2D eigenvalue weighted by molar-refractivity contribution is 6.48. The number of Topliss-reactive ketones (excluding diaryl/α,β-unsaturated/α-hetero) is 1. The maximum absolute atomic E-state index is 13.1. The zero-order chi connectivity index (χ0) is 20.6. The molecule has 1 aliphatic carbocycles. The monoisotopic (exact) mass is 397 g/mol. The van der Waals surface area contributed by atoms with Gasteiger partial charge in [0.05, 0.1) is 17.4 Å². The van der Waals surface area contributed by atoms with Crippen molar-refractivity contribution in [3.63, 3.8) is 0 Å². The van der Waals surface area contributed by atoms with Crippen LogP contribution in [0, 0.1) is 0 Å². The summed E-state index contributed by atoms with van der Waals surface area (Å²) in [6, 6.07) is 7.63. The average molecular weight is 397 g/mol. The molecule has 5 rings (SSSR count). The molecule has 8 heteroatoms. The summed E-state index contributed by atoms with van der Waals surface area (Å²) in [6.07, 6.45) is 3.84. The quantitative estimate of drug-likeness (QED) is 0.519. The molecule has 0 radical (unpaired) electrons. The molecule has 1 aromatic heterocycles. The number of hydrogen-bond acceptors (Lipinski definition) is 7. The van der Waals surface area contributed by atoms with Crippen molar-refractivity contribution in [2.75, 3.05) is 6.54 Å². The van der Waals surface area contributed by atoms with Crippen LogP contribution >= 0.6 is 0 Å². The second-order valence-corrected chi connectivity index (χ2v) is 7.53. The minimum atomic E-state index is -2.76. The van der Waals surface area contributed by atoms with Gasteiger partial charge in [-0.2, -0.15) is 0 Å². The van der Waals surface area contributed by atoms with Crippen LogP contribution in [0.5, 0.6) is 0 Å². The molecule has 0 unspecified atom stereocenters. The van der Waals surface area contributed by atoms with Gasteiger partial charge in [-0.1, -0.05) is 37.6 Å². The summed E-state index contributed by atoms with van der Waals surface area (Å²) in [5, 5.41) is 34.5. The first-order chi connectivity index (χ1) is 13.8. The number of ether oxygens (including phenoxy) is 1. The van der Waals surface area contributed by atoms with Crippen LogP contribution in [-0.4, -0.2) is 44.0 Å². The molecule has 8 nitrogen and oxygen atoms in total. The predicted molar refractivity (Wildman–Crippen MR) is 97.5 cm³/mol. The van der Waals surface area contributed by atoms with Gasteiger partial charge in [0.25, 0.3) is 17.5 Å². The smallest absolute Gasteiger partial charge is 0.296 e. The van der Waals surface area contributed by atoms with E-state index in [1.807, 2.05) is 6.92 Å². The SMILES string of the molecule is CCCCN1C(=O)C(=O)C2=C(c3ccoc3)O[C@@]3(O)c4ccccc4C(O)(O)[C@@]213. The zero-order valence-corrected chi connectivity index (χ0v) is 15.6. The van der Waals surface area contributed by atoms with Gasteiger partial charge in [0, 0.05) is 17.7 Å². The minimum Gasteiger partial charge on any atom is -0.472 e. The maximum atomic E-state index is 13.1. The highest BCUT2D eigenvalue weighted by Crippen LogP contribution is 2.67. The molecule has 2 aromatic rings. The lowest BCUT2D eigenvalue weighted by molar-refractivity contribution is -0.312. The van der Waals surface area contributed by atoms with Gasteiger partial charge in [-0.15, -0.1) is 0 Å². The zero-order valence-electron chi connectivity index (χ0n) is 15.6. The Hall–Kier alpha value is -2.94. The summed E-state index contributed by atoms with van der Waals surface area (Å²) in [5.74, 6) is -7.05. The third-order valence-corrected chi connectivity index (χ3v) is 6.09. The summed E-state index contributed by atoms with van der Waals surface area (Å²) >= 11 is 0. The molecule has 1 fully saturated rings. The number of unbranched alkanes of at least 4 members (excludes halogenated alkanes) is 1. The number of likely N-dealkylation sites (tertiary alicyclic amines) is 1. The Labute approximate surface area is 165 Å². The van der Waals surface area contributed by atoms with Crippen molar-refractivity contribution in [2.24, 2.45) is 0 Å². The fourth-order valence-corrected chi connectivity index (χ4v) is 4.88. The van der Waals surface area contributed by atoms with Gasteiger partial charge in [-0.05, 0) is 12.5 Å². The van der Waals surface area contributed by atoms with Crippen LogP contribution in [0.2, 0.25) is 0 Å². The Morgan fingerprint density at radius 3 is 2.45 bits per heavy atom. The van der Waals surface area contributed by atoms with Crippen LogP contribution in [0.4, 0.5) is 0 Å².